The highest BCUT2D eigenvalue weighted by atomic mass is 35.5. The van der Waals surface area contributed by atoms with Crippen molar-refractivity contribution < 1.29 is 38.6 Å². The number of nitrogens with two attached hydrogens (primary N) is 1. The first-order chi connectivity index (χ1) is 20.9. The molecule has 1 fully saturated rings. The minimum atomic E-state index is -1.75. The van der Waals surface area contributed by atoms with E-state index in [0.717, 1.165) is 0 Å². The van der Waals surface area contributed by atoms with E-state index in [1.165, 1.54) is 72.3 Å². The number of ketones is 1. The third-order valence-corrected chi connectivity index (χ3v) is 9.91. The predicted octanol–water partition coefficient (Wildman–Crippen LogP) is 2.45. The maximum absolute atomic E-state index is 13.4. The van der Waals surface area contributed by atoms with E-state index in [0.29, 0.717) is 27.8 Å². The van der Waals surface area contributed by atoms with Crippen LogP contribution >= 0.6 is 47.5 Å². The zero-order valence-corrected chi connectivity index (χ0v) is 28.1. The lowest BCUT2D eigenvalue weighted by molar-refractivity contribution is -0.182. The number of hydrogen-bond acceptors (Lipinski definition) is 14. The van der Waals surface area contributed by atoms with Gasteiger partial charge in [0.05, 0.1) is 6.04 Å². The Bertz CT molecular complexity index is 1460. The minimum absolute atomic E-state index is 0. The molecule has 0 aliphatic carbocycles. The van der Waals surface area contributed by atoms with Crippen molar-refractivity contribution in [2.75, 3.05) is 11.5 Å². The zero-order chi connectivity index (χ0) is 32.1. The number of amides is 2. The molecule has 3 unspecified atom stereocenters. The standard InChI is InChI=1S/C28H33N5O8S3.ClH/c1-13(2)9-19(29)22(35)17-7-5-6-8-18(17)23(36)24(37)32-20-25(38)33-21(27(39)41-15(4)40-14(3)34)16(10-42-26(20)33)11-43-28-30-12-31-44-28;/h5-8,12-13,15,19-20,23,26,36H,9-11,29H2,1-4H3,(H,32,37);1H/t15?,19-,20?,23?,26-;/m0./s1. The lowest BCUT2D eigenvalue weighted by Gasteiger charge is -2.50. The summed E-state index contributed by atoms with van der Waals surface area (Å²) in [5, 5.41) is 12.9. The molecule has 0 bridgehead atoms. The van der Waals surface area contributed by atoms with Crippen molar-refractivity contribution in [1.29, 1.82) is 0 Å². The van der Waals surface area contributed by atoms with Gasteiger partial charge in [-0.3, -0.25) is 24.1 Å². The minimum Gasteiger partial charge on any atom is -0.426 e. The summed E-state index contributed by atoms with van der Waals surface area (Å²) in [6.45, 7) is 6.43. The van der Waals surface area contributed by atoms with Gasteiger partial charge in [-0.2, -0.15) is 4.37 Å². The van der Waals surface area contributed by atoms with Crippen molar-refractivity contribution in [2.24, 2.45) is 11.7 Å². The van der Waals surface area contributed by atoms with Gasteiger partial charge in [0.25, 0.3) is 11.8 Å². The summed E-state index contributed by atoms with van der Waals surface area (Å²) in [6, 6.07) is 4.31. The number of carbonyl (C=O) groups is 5. The number of halogens is 1. The molecule has 2 amide bonds. The van der Waals surface area contributed by atoms with Crippen LogP contribution in [-0.4, -0.2) is 84.2 Å². The number of aliphatic hydroxyl groups excluding tert-OH is 1. The van der Waals surface area contributed by atoms with Crippen LogP contribution in [0.1, 0.15) is 56.1 Å². The molecule has 2 aliphatic heterocycles. The van der Waals surface area contributed by atoms with Crippen LogP contribution in [0.15, 0.2) is 46.2 Å². The second kappa shape index (κ2) is 16.0. The number of carbonyl (C=O) groups excluding carboxylic acids is 5. The fourth-order valence-corrected chi connectivity index (χ4v) is 7.70. The Morgan fingerprint density at radius 3 is 2.56 bits per heavy atom. The summed E-state index contributed by atoms with van der Waals surface area (Å²) in [7, 11) is 0. The number of β-lactam (4-membered cyclic amide) rings is 1. The van der Waals surface area contributed by atoms with E-state index < -0.39 is 59.4 Å². The van der Waals surface area contributed by atoms with Gasteiger partial charge in [0.15, 0.2) is 16.2 Å². The Morgan fingerprint density at radius 2 is 1.91 bits per heavy atom. The van der Waals surface area contributed by atoms with Crippen LogP contribution in [0, 0.1) is 5.92 Å². The number of Topliss-reactive ketones (excluding diaryl/α,β-unsaturated/α-hetero) is 1. The highest BCUT2D eigenvalue weighted by Gasteiger charge is 2.55. The lowest BCUT2D eigenvalue weighted by Crippen LogP contribution is -2.71. The topological polar surface area (TPSA) is 191 Å². The van der Waals surface area contributed by atoms with Crippen molar-refractivity contribution in [3.63, 3.8) is 0 Å². The highest BCUT2D eigenvalue weighted by molar-refractivity contribution is 8.01. The molecular formula is C28H34ClN5O8S3. The number of aromatic nitrogens is 2. The zero-order valence-electron chi connectivity index (χ0n) is 24.8. The third-order valence-electron chi connectivity index (χ3n) is 6.69. The van der Waals surface area contributed by atoms with Crippen LogP contribution in [0.5, 0.6) is 0 Å². The summed E-state index contributed by atoms with van der Waals surface area (Å²) in [5.41, 5.74) is 6.89. The number of hydrogen-bond donors (Lipinski definition) is 3. The SMILES string of the molecule is CC(=O)OC(C)OC(=O)C1=C(CSc2ncns2)CS[C@H]2C(NC(=O)C(O)c3ccccc3C(=O)[C@@H](N)CC(C)C)C(=O)N12.Cl. The molecule has 0 spiro atoms. The number of nitrogens with one attached hydrogen (secondary N) is 1. The Morgan fingerprint density at radius 1 is 1.20 bits per heavy atom. The summed E-state index contributed by atoms with van der Waals surface area (Å²) >= 11 is 3.85. The number of rotatable bonds is 13. The molecule has 244 valence electrons. The van der Waals surface area contributed by atoms with Crippen molar-refractivity contribution in [3.05, 3.63) is 53.0 Å². The normalized spacial score (nSPS) is 19.4. The van der Waals surface area contributed by atoms with Crippen LogP contribution in [0.4, 0.5) is 0 Å². The monoisotopic (exact) mass is 699 g/mol. The fraction of sp³-hybridized carbons (Fsp3) is 0.464. The molecule has 5 atom stereocenters. The average molecular weight is 700 g/mol. The van der Waals surface area contributed by atoms with Gasteiger partial charge in [0.2, 0.25) is 6.29 Å². The average Bonchev–Trinajstić information content (AvgIpc) is 3.50. The Labute approximate surface area is 278 Å². The van der Waals surface area contributed by atoms with E-state index in [-0.39, 0.29) is 35.1 Å². The Kier molecular flexibility index (Phi) is 13.0. The quantitative estimate of drug-likeness (QED) is 0.0909. The van der Waals surface area contributed by atoms with Crippen molar-refractivity contribution in [1.82, 2.24) is 19.6 Å². The molecule has 17 heteroatoms. The maximum atomic E-state index is 13.4. The summed E-state index contributed by atoms with van der Waals surface area (Å²) < 4.78 is 14.9. The molecule has 0 radical (unpaired) electrons. The third kappa shape index (κ3) is 8.62. The number of nitrogens with zero attached hydrogens (tertiary/aromatic N) is 3. The molecule has 45 heavy (non-hydrogen) atoms. The molecular weight excluding hydrogens is 666 g/mol. The van der Waals surface area contributed by atoms with Crippen LogP contribution in [-0.2, 0) is 28.7 Å². The summed E-state index contributed by atoms with van der Waals surface area (Å²) in [5.74, 6) is -2.57. The highest BCUT2D eigenvalue weighted by Crippen LogP contribution is 2.42. The van der Waals surface area contributed by atoms with Crippen molar-refractivity contribution in [3.8, 4) is 0 Å². The molecule has 2 aromatic rings. The van der Waals surface area contributed by atoms with Crippen LogP contribution in [0.25, 0.3) is 0 Å². The van der Waals surface area contributed by atoms with Gasteiger partial charge < -0.3 is 25.6 Å². The molecule has 1 aromatic carbocycles. The van der Waals surface area contributed by atoms with Gasteiger partial charge in [-0.05, 0) is 29.4 Å². The maximum Gasteiger partial charge on any atom is 0.358 e. The summed E-state index contributed by atoms with van der Waals surface area (Å²) in [4.78, 5) is 69.6. The van der Waals surface area contributed by atoms with E-state index in [1.54, 1.807) is 12.1 Å². The number of fused-ring (bicyclic) bond motifs is 1. The van der Waals surface area contributed by atoms with Gasteiger partial charge in [-0.15, -0.1) is 24.2 Å². The van der Waals surface area contributed by atoms with E-state index in [1.807, 2.05) is 13.8 Å². The number of thioether (sulfide) groups is 2. The predicted molar refractivity (Wildman–Crippen MR) is 170 cm³/mol. The van der Waals surface area contributed by atoms with E-state index in [9.17, 15) is 29.1 Å². The number of aliphatic hydroxyl groups is 1. The molecule has 13 nitrogen and oxygen atoms in total. The van der Waals surface area contributed by atoms with Gasteiger partial charge >= 0.3 is 11.9 Å². The smallest absolute Gasteiger partial charge is 0.358 e. The largest absolute Gasteiger partial charge is 0.426 e. The number of esters is 2. The van der Waals surface area contributed by atoms with Crippen LogP contribution in [0.3, 0.4) is 0 Å². The summed E-state index contributed by atoms with van der Waals surface area (Å²) in [6.07, 6.45) is -1.10. The van der Waals surface area contributed by atoms with Crippen LogP contribution < -0.4 is 11.1 Å². The molecule has 1 saturated heterocycles. The first-order valence-electron chi connectivity index (χ1n) is 13.7. The lowest BCUT2D eigenvalue weighted by atomic mass is 9.91. The molecule has 4 rings (SSSR count). The van der Waals surface area contributed by atoms with Crippen LogP contribution in [0.2, 0.25) is 0 Å². The van der Waals surface area contributed by atoms with Gasteiger partial charge in [-0.1, -0.05) is 49.9 Å². The van der Waals surface area contributed by atoms with E-state index in [4.69, 9.17) is 15.2 Å². The number of ether oxygens (including phenoxy) is 2. The molecule has 3 heterocycles. The first kappa shape index (κ1) is 36.4. The van der Waals surface area contributed by atoms with Gasteiger partial charge in [0.1, 0.15) is 23.4 Å². The molecule has 4 N–H and O–H groups in total. The molecule has 0 saturated carbocycles. The molecule has 2 aliphatic rings. The van der Waals surface area contributed by atoms with Gasteiger partial charge in [0, 0.05) is 36.5 Å². The Hall–Kier alpha value is -3.02. The second-order valence-electron chi connectivity index (χ2n) is 10.5. The van der Waals surface area contributed by atoms with E-state index in [2.05, 4.69) is 14.7 Å². The van der Waals surface area contributed by atoms with Crippen molar-refractivity contribution >= 4 is 77.0 Å². The van der Waals surface area contributed by atoms with Crippen molar-refractivity contribution in [2.45, 2.75) is 68.3 Å². The second-order valence-corrected chi connectivity index (χ2v) is 13.6. The molecule has 1 aromatic heterocycles. The van der Waals surface area contributed by atoms with Gasteiger partial charge in [-0.25, -0.2) is 9.78 Å². The first-order valence-corrected chi connectivity index (χ1v) is 16.5. The Balaban J connectivity index is 0.00000552. The fourth-order valence-electron chi connectivity index (χ4n) is 4.77. The van der Waals surface area contributed by atoms with E-state index >= 15 is 0 Å². The number of benzene rings is 1.